The summed E-state index contributed by atoms with van der Waals surface area (Å²) < 4.78 is 11.5. The molecule has 1 fully saturated rings. The Morgan fingerprint density at radius 2 is 2.00 bits per heavy atom. The van der Waals surface area contributed by atoms with E-state index in [1.807, 2.05) is 0 Å². The first kappa shape index (κ1) is 11.0. The van der Waals surface area contributed by atoms with E-state index in [4.69, 9.17) is 9.47 Å². The third kappa shape index (κ3) is 2.44. The van der Waals surface area contributed by atoms with Crippen molar-refractivity contribution in [2.24, 2.45) is 11.3 Å². The Morgan fingerprint density at radius 1 is 1.38 bits per heavy atom. The molecule has 13 heavy (non-hydrogen) atoms. The van der Waals surface area contributed by atoms with E-state index in [0.29, 0.717) is 12.0 Å². The van der Waals surface area contributed by atoms with Crippen molar-refractivity contribution in [1.82, 2.24) is 0 Å². The van der Waals surface area contributed by atoms with Gasteiger partial charge in [-0.05, 0) is 12.3 Å². The Bertz CT molecular complexity index is 163. The Hall–Kier alpha value is -0.0800. The first-order valence-electron chi connectivity index (χ1n) is 5.24. The van der Waals surface area contributed by atoms with Crippen LogP contribution in [0, 0.1) is 11.3 Å². The van der Waals surface area contributed by atoms with Gasteiger partial charge in [-0.25, -0.2) is 0 Å². The van der Waals surface area contributed by atoms with Gasteiger partial charge in [0.1, 0.15) is 0 Å². The fourth-order valence-electron chi connectivity index (χ4n) is 2.05. The molecule has 0 bridgehead atoms. The highest BCUT2D eigenvalue weighted by Crippen LogP contribution is 2.35. The van der Waals surface area contributed by atoms with Crippen molar-refractivity contribution in [2.45, 2.75) is 53.4 Å². The summed E-state index contributed by atoms with van der Waals surface area (Å²) in [4.78, 5) is 0. The Kier molecular flexibility index (Phi) is 3.36. The summed E-state index contributed by atoms with van der Waals surface area (Å²) in [5, 5.41) is 0. The van der Waals surface area contributed by atoms with Crippen molar-refractivity contribution < 1.29 is 9.47 Å². The third-order valence-electron chi connectivity index (χ3n) is 2.65. The van der Waals surface area contributed by atoms with Crippen LogP contribution in [0.15, 0.2) is 0 Å². The van der Waals surface area contributed by atoms with Gasteiger partial charge in [0.25, 0.3) is 0 Å². The average molecular weight is 186 g/mol. The zero-order chi connectivity index (χ0) is 10.1. The number of rotatable bonds is 2. The molecule has 1 rings (SSSR count). The van der Waals surface area contributed by atoms with Crippen LogP contribution in [-0.4, -0.2) is 19.0 Å². The lowest BCUT2D eigenvalue weighted by Crippen LogP contribution is -2.48. The lowest BCUT2D eigenvalue weighted by molar-refractivity contribution is -0.269. The monoisotopic (exact) mass is 186 g/mol. The molecule has 1 heterocycles. The number of hydrogen-bond acceptors (Lipinski definition) is 2. The second-order valence-corrected chi connectivity index (χ2v) is 4.94. The van der Waals surface area contributed by atoms with Crippen LogP contribution in [0.1, 0.15) is 41.0 Å². The third-order valence-corrected chi connectivity index (χ3v) is 2.65. The summed E-state index contributed by atoms with van der Waals surface area (Å²) in [6, 6.07) is 0. The second-order valence-electron chi connectivity index (χ2n) is 4.94. The molecule has 2 unspecified atom stereocenters. The first-order chi connectivity index (χ1) is 5.97. The van der Waals surface area contributed by atoms with Gasteiger partial charge < -0.3 is 9.47 Å². The standard InChI is InChI=1S/C11H22O2/c1-6-9-12-7-11(4,5)10(13-9)8(2)3/h8-10H,6-7H2,1-5H3. The van der Waals surface area contributed by atoms with E-state index in [-0.39, 0.29) is 11.7 Å². The summed E-state index contributed by atoms with van der Waals surface area (Å²) in [5.74, 6) is 0.563. The maximum absolute atomic E-state index is 5.89. The zero-order valence-corrected chi connectivity index (χ0v) is 9.46. The van der Waals surface area contributed by atoms with Gasteiger partial charge in [0.2, 0.25) is 0 Å². The molecule has 1 saturated heterocycles. The maximum Gasteiger partial charge on any atom is 0.157 e. The predicted molar refractivity (Wildman–Crippen MR) is 53.5 cm³/mol. The minimum Gasteiger partial charge on any atom is -0.352 e. The highest BCUT2D eigenvalue weighted by atomic mass is 16.7. The number of ether oxygens (including phenoxy) is 2. The van der Waals surface area contributed by atoms with Crippen LogP contribution in [0.5, 0.6) is 0 Å². The minimum atomic E-state index is 0.0143. The molecule has 0 amide bonds. The molecule has 0 spiro atoms. The van der Waals surface area contributed by atoms with Crippen molar-refractivity contribution in [3.63, 3.8) is 0 Å². The van der Waals surface area contributed by atoms with Crippen LogP contribution in [0.3, 0.4) is 0 Å². The van der Waals surface area contributed by atoms with E-state index in [9.17, 15) is 0 Å². The van der Waals surface area contributed by atoms with Crippen molar-refractivity contribution in [2.75, 3.05) is 6.61 Å². The summed E-state index contributed by atoms with van der Waals surface area (Å²) in [5.41, 5.74) is 0.153. The first-order valence-corrected chi connectivity index (χ1v) is 5.24. The highest BCUT2D eigenvalue weighted by Gasteiger charge is 2.39. The van der Waals surface area contributed by atoms with Crippen LogP contribution >= 0.6 is 0 Å². The largest absolute Gasteiger partial charge is 0.352 e. The molecule has 0 aliphatic carbocycles. The van der Waals surface area contributed by atoms with Crippen LogP contribution in [0.25, 0.3) is 0 Å². The fourth-order valence-corrected chi connectivity index (χ4v) is 2.05. The zero-order valence-electron chi connectivity index (χ0n) is 9.46. The van der Waals surface area contributed by atoms with Gasteiger partial charge in [-0.1, -0.05) is 34.6 Å². The molecule has 0 aromatic heterocycles. The summed E-state index contributed by atoms with van der Waals surface area (Å²) in [6.45, 7) is 11.8. The predicted octanol–water partition coefficient (Wildman–Crippen LogP) is 2.82. The quantitative estimate of drug-likeness (QED) is 0.660. The van der Waals surface area contributed by atoms with Crippen molar-refractivity contribution in [1.29, 1.82) is 0 Å². The number of hydrogen-bond donors (Lipinski definition) is 0. The Morgan fingerprint density at radius 3 is 2.46 bits per heavy atom. The van der Waals surface area contributed by atoms with E-state index in [0.717, 1.165) is 13.0 Å². The molecular weight excluding hydrogens is 164 g/mol. The highest BCUT2D eigenvalue weighted by molar-refractivity contribution is 4.84. The summed E-state index contributed by atoms with van der Waals surface area (Å²) in [6.07, 6.45) is 1.28. The molecule has 78 valence electrons. The molecule has 0 saturated carbocycles. The molecule has 0 N–H and O–H groups in total. The molecule has 0 aromatic carbocycles. The molecule has 1 aliphatic heterocycles. The molecule has 2 heteroatoms. The fraction of sp³-hybridized carbons (Fsp3) is 1.00. The summed E-state index contributed by atoms with van der Waals surface area (Å²) >= 11 is 0. The van der Waals surface area contributed by atoms with E-state index in [1.54, 1.807) is 0 Å². The minimum absolute atomic E-state index is 0.0143. The van der Waals surface area contributed by atoms with Gasteiger partial charge >= 0.3 is 0 Å². The van der Waals surface area contributed by atoms with Gasteiger partial charge in [0, 0.05) is 5.41 Å². The van der Waals surface area contributed by atoms with E-state index < -0.39 is 0 Å². The van der Waals surface area contributed by atoms with Crippen LogP contribution in [0.2, 0.25) is 0 Å². The van der Waals surface area contributed by atoms with E-state index in [2.05, 4.69) is 34.6 Å². The van der Waals surface area contributed by atoms with E-state index in [1.165, 1.54) is 0 Å². The molecular formula is C11H22O2. The van der Waals surface area contributed by atoms with Gasteiger partial charge in [-0.15, -0.1) is 0 Å². The van der Waals surface area contributed by atoms with Crippen molar-refractivity contribution >= 4 is 0 Å². The van der Waals surface area contributed by atoms with Gasteiger partial charge in [-0.3, -0.25) is 0 Å². The Labute approximate surface area is 81.6 Å². The topological polar surface area (TPSA) is 18.5 Å². The average Bonchev–Trinajstić information content (AvgIpc) is 2.03. The lowest BCUT2D eigenvalue weighted by Gasteiger charge is -2.43. The van der Waals surface area contributed by atoms with Crippen LogP contribution < -0.4 is 0 Å². The lowest BCUT2D eigenvalue weighted by atomic mass is 9.80. The summed E-state index contributed by atoms with van der Waals surface area (Å²) in [7, 11) is 0. The van der Waals surface area contributed by atoms with Crippen LogP contribution in [0.4, 0.5) is 0 Å². The Balaban J connectivity index is 2.64. The SMILES string of the molecule is CCC1OCC(C)(C)C(C(C)C)O1. The molecule has 1 aliphatic rings. The van der Waals surface area contributed by atoms with Crippen molar-refractivity contribution in [3.8, 4) is 0 Å². The van der Waals surface area contributed by atoms with Gasteiger partial charge in [-0.2, -0.15) is 0 Å². The molecule has 0 radical (unpaired) electrons. The molecule has 2 nitrogen and oxygen atoms in total. The molecule has 0 aromatic rings. The van der Waals surface area contributed by atoms with Crippen molar-refractivity contribution in [3.05, 3.63) is 0 Å². The maximum atomic E-state index is 5.89. The van der Waals surface area contributed by atoms with Crippen LogP contribution in [-0.2, 0) is 9.47 Å². The smallest absolute Gasteiger partial charge is 0.157 e. The molecule has 2 atom stereocenters. The van der Waals surface area contributed by atoms with Gasteiger partial charge in [0.05, 0.1) is 12.7 Å². The van der Waals surface area contributed by atoms with E-state index >= 15 is 0 Å². The van der Waals surface area contributed by atoms with Gasteiger partial charge in [0.15, 0.2) is 6.29 Å². The normalized spacial score (nSPS) is 33.7. The second kappa shape index (κ2) is 3.97.